The molecule has 0 aliphatic rings. The molecule has 0 amide bonds. The molecule has 8 aromatic carbocycles. The van der Waals surface area contributed by atoms with Crippen LogP contribution in [0.3, 0.4) is 0 Å². The second-order valence-corrected chi connectivity index (χ2v) is 16.3. The summed E-state index contributed by atoms with van der Waals surface area (Å²) < 4.78 is 5.20. The van der Waals surface area contributed by atoms with Crippen molar-refractivity contribution in [2.45, 2.75) is 0 Å². The number of aromatic nitrogens is 2. The van der Waals surface area contributed by atoms with Gasteiger partial charge in [-0.25, -0.2) is 9.97 Å². The predicted octanol–water partition coefficient (Wildman–Crippen LogP) is 15.2. The quantitative estimate of drug-likeness (QED) is 0.169. The molecule has 56 heavy (non-hydrogen) atoms. The first-order chi connectivity index (χ1) is 27.7. The maximum absolute atomic E-state index is 5.29. The summed E-state index contributed by atoms with van der Waals surface area (Å²) in [5, 5.41) is 5.20. The fraction of sp³-hybridized carbons (Fsp3) is 0. The number of hydrogen-bond acceptors (Lipinski definition) is 4. The smallest absolute Gasteiger partial charge is 0.160 e. The first-order valence-corrected chi connectivity index (χ1v) is 20.4. The Bertz CT molecular complexity index is 3190. The minimum absolute atomic E-state index is 0.706. The van der Waals surface area contributed by atoms with Crippen LogP contribution in [0, 0.1) is 0 Å². The van der Waals surface area contributed by atoms with E-state index < -0.39 is 0 Å². The molecule has 2 nitrogen and oxygen atoms in total. The van der Waals surface area contributed by atoms with Gasteiger partial charge < -0.3 is 0 Å². The lowest BCUT2D eigenvalue weighted by molar-refractivity contribution is 1.18. The maximum atomic E-state index is 5.29. The summed E-state index contributed by atoms with van der Waals surface area (Å²) >= 11 is 3.71. The molecule has 0 aliphatic heterocycles. The van der Waals surface area contributed by atoms with Gasteiger partial charge in [-0.15, -0.1) is 22.7 Å². The second-order valence-electron chi connectivity index (χ2n) is 14.1. The largest absolute Gasteiger partial charge is 0.228 e. The molecule has 11 rings (SSSR count). The Morgan fingerprint density at radius 3 is 1.39 bits per heavy atom. The highest BCUT2D eigenvalue weighted by molar-refractivity contribution is 7.26. The Kier molecular flexibility index (Phi) is 7.90. The Labute approximate surface area is 332 Å². The Balaban J connectivity index is 1.15. The molecule has 3 heterocycles. The fourth-order valence-electron chi connectivity index (χ4n) is 8.06. The van der Waals surface area contributed by atoms with E-state index in [2.05, 4.69) is 170 Å². The van der Waals surface area contributed by atoms with Crippen LogP contribution in [0.4, 0.5) is 0 Å². The number of hydrogen-bond donors (Lipinski definition) is 0. The van der Waals surface area contributed by atoms with Crippen LogP contribution in [0.1, 0.15) is 0 Å². The highest BCUT2D eigenvalue weighted by Gasteiger charge is 2.17. The van der Waals surface area contributed by atoms with Gasteiger partial charge in [-0.05, 0) is 88.0 Å². The molecule has 0 aliphatic carbocycles. The third kappa shape index (κ3) is 5.70. The molecule has 0 radical (unpaired) electrons. The molecular weight excluding hydrogens is 717 g/mol. The van der Waals surface area contributed by atoms with Gasteiger partial charge in [0.15, 0.2) is 5.82 Å². The molecule has 0 bridgehead atoms. The van der Waals surface area contributed by atoms with Crippen molar-refractivity contribution in [1.82, 2.24) is 9.97 Å². The van der Waals surface area contributed by atoms with E-state index in [1.165, 1.54) is 57.0 Å². The van der Waals surface area contributed by atoms with Gasteiger partial charge in [0.2, 0.25) is 0 Å². The number of rotatable bonds is 6. The topological polar surface area (TPSA) is 25.8 Å². The van der Waals surface area contributed by atoms with Crippen LogP contribution in [0.5, 0.6) is 0 Å². The number of nitrogens with zero attached hydrogens (tertiary/aromatic N) is 2. The zero-order valence-corrected chi connectivity index (χ0v) is 31.8. The van der Waals surface area contributed by atoms with E-state index in [1.54, 1.807) is 0 Å². The van der Waals surface area contributed by atoms with Crippen molar-refractivity contribution in [3.05, 3.63) is 194 Å². The normalized spacial score (nSPS) is 11.6. The number of benzene rings is 8. The van der Waals surface area contributed by atoms with Crippen molar-refractivity contribution in [1.29, 1.82) is 0 Å². The van der Waals surface area contributed by atoms with Crippen LogP contribution in [0.2, 0.25) is 0 Å². The minimum Gasteiger partial charge on any atom is -0.228 e. The Hall–Kier alpha value is -6.72. The molecular formula is C52H32N2S2. The van der Waals surface area contributed by atoms with Gasteiger partial charge in [-0.1, -0.05) is 140 Å². The summed E-state index contributed by atoms with van der Waals surface area (Å²) in [5.74, 6) is 0.706. The molecule has 262 valence electrons. The van der Waals surface area contributed by atoms with E-state index in [-0.39, 0.29) is 0 Å². The van der Waals surface area contributed by atoms with Gasteiger partial charge in [0.05, 0.1) is 11.4 Å². The third-order valence-electron chi connectivity index (χ3n) is 10.7. The van der Waals surface area contributed by atoms with Crippen molar-refractivity contribution >= 4 is 63.0 Å². The van der Waals surface area contributed by atoms with Crippen LogP contribution in [-0.4, -0.2) is 9.97 Å². The predicted molar refractivity (Wildman–Crippen MR) is 240 cm³/mol. The van der Waals surface area contributed by atoms with Gasteiger partial charge in [0.25, 0.3) is 0 Å². The highest BCUT2D eigenvalue weighted by atomic mass is 32.1. The summed E-state index contributed by atoms with van der Waals surface area (Å²) in [5.41, 5.74) is 12.0. The van der Waals surface area contributed by atoms with Crippen LogP contribution < -0.4 is 0 Å². The summed E-state index contributed by atoms with van der Waals surface area (Å²) in [6.45, 7) is 0. The van der Waals surface area contributed by atoms with Crippen molar-refractivity contribution in [3.63, 3.8) is 0 Å². The lowest BCUT2D eigenvalue weighted by Crippen LogP contribution is -1.96. The van der Waals surface area contributed by atoms with Crippen molar-refractivity contribution in [2.75, 3.05) is 0 Å². The SMILES string of the molecule is c1ccc(-c2cc(-c3cc(-c4cccc(-c5cccc6sc7ccccc7c56)c4)cc(-c4cccc5sc6ccccc6c45)c3)nc(-c3ccccc3)n2)cc1. The molecule has 11 aromatic rings. The summed E-state index contributed by atoms with van der Waals surface area (Å²) in [4.78, 5) is 10.4. The molecule has 0 fully saturated rings. The minimum atomic E-state index is 0.706. The van der Waals surface area contributed by atoms with E-state index in [0.717, 1.165) is 44.8 Å². The summed E-state index contributed by atoms with van der Waals surface area (Å²) in [7, 11) is 0. The van der Waals surface area contributed by atoms with Crippen molar-refractivity contribution in [3.8, 4) is 67.3 Å². The summed E-state index contributed by atoms with van der Waals surface area (Å²) in [6.07, 6.45) is 0. The molecule has 3 aromatic heterocycles. The Morgan fingerprint density at radius 2 is 0.732 bits per heavy atom. The van der Waals surface area contributed by atoms with Crippen LogP contribution >= 0.6 is 22.7 Å². The van der Waals surface area contributed by atoms with E-state index in [1.807, 2.05) is 46.9 Å². The Morgan fingerprint density at radius 1 is 0.286 bits per heavy atom. The number of fused-ring (bicyclic) bond motifs is 6. The molecule has 0 saturated heterocycles. The van der Waals surface area contributed by atoms with Crippen molar-refractivity contribution in [2.24, 2.45) is 0 Å². The lowest BCUT2D eigenvalue weighted by Gasteiger charge is -2.15. The first kappa shape index (κ1) is 32.7. The lowest BCUT2D eigenvalue weighted by atomic mass is 9.91. The molecule has 0 unspecified atom stereocenters. The van der Waals surface area contributed by atoms with E-state index in [4.69, 9.17) is 9.97 Å². The van der Waals surface area contributed by atoms with E-state index in [0.29, 0.717) is 5.82 Å². The molecule has 4 heteroatoms. The standard InChI is InChI=1S/C52H32N2S2/c1-3-14-33(15-4-1)44-32-45(54-52(53-44)34-16-5-2-6-17-34)39-30-37(29-38(31-39)41-23-13-27-49-51(41)43-21-8-10-25-47(43)56-49)35-18-11-19-36(28-35)40-22-12-26-48-50(40)42-20-7-9-24-46(42)55-48/h1-32H. The molecule has 0 spiro atoms. The second kappa shape index (κ2) is 13.5. The average molecular weight is 749 g/mol. The fourth-order valence-corrected chi connectivity index (χ4v) is 10.3. The molecule has 0 saturated carbocycles. The van der Waals surface area contributed by atoms with Gasteiger partial charge in [0.1, 0.15) is 0 Å². The van der Waals surface area contributed by atoms with E-state index >= 15 is 0 Å². The van der Waals surface area contributed by atoms with Gasteiger partial charge in [-0.2, -0.15) is 0 Å². The van der Waals surface area contributed by atoms with Crippen molar-refractivity contribution < 1.29 is 0 Å². The van der Waals surface area contributed by atoms with E-state index in [9.17, 15) is 0 Å². The molecule has 0 atom stereocenters. The first-order valence-electron chi connectivity index (χ1n) is 18.8. The monoisotopic (exact) mass is 748 g/mol. The third-order valence-corrected chi connectivity index (χ3v) is 13.0. The zero-order valence-electron chi connectivity index (χ0n) is 30.2. The van der Waals surface area contributed by atoms with Gasteiger partial charge >= 0.3 is 0 Å². The van der Waals surface area contributed by atoms with Crippen LogP contribution in [-0.2, 0) is 0 Å². The zero-order chi connectivity index (χ0) is 37.0. The maximum Gasteiger partial charge on any atom is 0.160 e. The van der Waals surface area contributed by atoms with Gasteiger partial charge in [0, 0.05) is 57.0 Å². The average Bonchev–Trinajstić information content (AvgIpc) is 3.86. The van der Waals surface area contributed by atoms with Crippen LogP contribution in [0.15, 0.2) is 194 Å². The number of thiophene rings is 2. The van der Waals surface area contributed by atoms with Crippen LogP contribution in [0.25, 0.3) is 108 Å². The summed E-state index contributed by atoms with van der Waals surface area (Å²) in [6, 6.07) is 69.8. The molecule has 0 N–H and O–H groups in total. The highest BCUT2D eigenvalue weighted by Crippen LogP contribution is 2.44. The van der Waals surface area contributed by atoms with Gasteiger partial charge in [-0.3, -0.25) is 0 Å².